The zero-order valence-corrected chi connectivity index (χ0v) is 24.9. The van der Waals surface area contributed by atoms with Crippen LogP contribution in [0.3, 0.4) is 0 Å². The van der Waals surface area contributed by atoms with E-state index in [9.17, 15) is 24.8 Å². The lowest BCUT2D eigenvalue weighted by Gasteiger charge is -2.69. The van der Waals surface area contributed by atoms with Crippen LogP contribution in [-0.2, 0) is 14.4 Å². The lowest BCUT2D eigenvalue weighted by atomic mass is 9.34. The largest absolute Gasteiger partial charge is 0.395 e. The second-order valence-electron chi connectivity index (χ2n) is 15.1. The number of fused-ring (bicyclic) bond motifs is 7. The SMILES string of the molecule is CCNC(=O)[C@]12CCC(C)(C)CC1C1C(=O)C=C3[C@@]4(C)C=C(C#N)C(=O)[C@@](C)(CO)C4CC[C@@]3(C)[C@]1(C)CC2. The highest BCUT2D eigenvalue weighted by Gasteiger charge is 2.71. The van der Waals surface area contributed by atoms with E-state index in [-0.39, 0.29) is 63.7 Å². The van der Waals surface area contributed by atoms with Gasteiger partial charge in [0.05, 0.1) is 23.0 Å². The molecule has 212 valence electrons. The van der Waals surface area contributed by atoms with Gasteiger partial charge in [0, 0.05) is 17.9 Å². The molecule has 5 rings (SSSR count). The minimum absolute atomic E-state index is 0.0277. The summed E-state index contributed by atoms with van der Waals surface area (Å²) in [6, 6.07) is 2.11. The summed E-state index contributed by atoms with van der Waals surface area (Å²) in [5, 5.41) is 23.5. The van der Waals surface area contributed by atoms with Crippen LogP contribution < -0.4 is 5.32 Å². The van der Waals surface area contributed by atoms with Crippen LogP contribution in [-0.4, -0.2) is 35.7 Å². The molecule has 0 aromatic carbocycles. The Balaban J connectivity index is 1.69. The van der Waals surface area contributed by atoms with Crippen LogP contribution in [0.2, 0.25) is 0 Å². The number of carbonyl (C=O) groups excluding carboxylic acids is 3. The van der Waals surface area contributed by atoms with E-state index in [0.717, 1.165) is 50.5 Å². The Bertz CT molecular complexity index is 1240. The Hall–Kier alpha value is -2.26. The van der Waals surface area contributed by atoms with Gasteiger partial charge >= 0.3 is 0 Å². The molecule has 3 unspecified atom stereocenters. The Morgan fingerprint density at radius 1 is 1.08 bits per heavy atom. The number of aliphatic hydroxyl groups excluding tert-OH is 1. The quantitative estimate of drug-likeness (QED) is 0.510. The zero-order chi connectivity index (χ0) is 28.8. The summed E-state index contributed by atoms with van der Waals surface area (Å²) in [4.78, 5) is 41.5. The molecule has 8 atom stereocenters. The molecule has 2 N–H and O–H groups in total. The molecule has 39 heavy (non-hydrogen) atoms. The number of allylic oxidation sites excluding steroid dienone is 4. The van der Waals surface area contributed by atoms with Crippen LogP contribution in [0.5, 0.6) is 0 Å². The maximum atomic E-state index is 14.5. The highest BCUT2D eigenvalue weighted by Crippen LogP contribution is 2.74. The highest BCUT2D eigenvalue weighted by molar-refractivity contribution is 6.05. The first-order valence-electron chi connectivity index (χ1n) is 14.9. The Labute approximate surface area is 233 Å². The summed E-state index contributed by atoms with van der Waals surface area (Å²) in [7, 11) is 0. The first-order chi connectivity index (χ1) is 18.1. The summed E-state index contributed by atoms with van der Waals surface area (Å²) in [6.45, 7) is 15.2. The lowest BCUT2D eigenvalue weighted by molar-refractivity contribution is -0.179. The van der Waals surface area contributed by atoms with E-state index < -0.39 is 16.2 Å². The van der Waals surface area contributed by atoms with Gasteiger partial charge in [0.25, 0.3) is 0 Å². The molecule has 6 nitrogen and oxygen atoms in total. The molecule has 0 saturated heterocycles. The van der Waals surface area contributed by atoms with Crippen molar-refractivity contribution in [1.82, 2.24) is 5.32 Å². The van der Waals surface area contributed by atoms with E-state index in [0.29, 0.717) is 6.54 Å². The van der Waals surface area contributed by atoms with Gasteiger partial charge in [-0.25, -0.2) is 0 Å². The zero-order valence-electron chi connectivity index (χ0n) is 24.9. The van der Waals surface area contributed by atoms with Gasteiger partial charge in [0.15, 0.2) is 11.6 Å². The van der Waals surface area contributed by atoms with Gasteiger partial charge in [0.2, 0.25) is 5.91 Å². The molecule has 3 fully saturated rings. The molecule has 1 amide bonds. The fourth-order valence-corrected chi connectivity index (χ4v) is 10.4. The molecule has 5 aliphatic rings. The third-order valence-corrected chi connectivity index (χ3v) is 12.8. The normalized spacial score (nSPS) is 46.4. The molecule has 5 aliphatic carbocycles. The fraction of sp³-hybridized carbons (Fsp3) is 0.758. The van der Waals surface area contributed by atoms with Crippen molar-refractivity contribution >= 4 is 17.5 Å². The van der Waals surface area contributed by atoms with Crippen molar-refractivity contribution in [2.75, 3.05) is 13.2 Å². The van der Waals surface area contributed by atoms with Crippen molar-refractivity contribution in [3.05, 3.63) is 23.3 Å². The summed E-state index contributed by atoms with van der Waals surface area (Å²) >= 11 is 0. The molecule has 3 saturated carbocycles. The van der Waals surface area contributed by atoms with Gasteiger partial charge in [-0.2, -0.15) is 5.26 Å². The molecule has 0 radical (unpaired) electrons. The van der Waals surface area contributed by atoms with Gasteiger partial charge in [-0.05, 0) is 93.0 Å². The van der Waals surface area contributed by atoms with Gasteiger partial charge in [-0.15, -0.1) is 0 Å². The molecule has 0 bridgehead atoms. The van der Waals surface area contributed by atoms with Crippen molar-refractivity contribution in [3.63, 3.8) is 0 Å². The Morgan fingerprint density at radius 2 is 1.74 bits per heavy atom. The van der Waals surface area contributed by atoms with Crippen molar-refractivity contribution < 1.29 is 19.5 Å². The number of nitriles is 1. The van der Waals surface area contributed by atoms with Crippen LogP contribution in [0.4, 0.5) is 0 Å². The number of Topliss-reactive ketones (excluding diaryl/α,β-unsaturated/α-hetero) is 1. The fourth-order valence-electron chi connectivity index (χ4n) is 10.4. The second kappa shape index (κ2) is 8.62. The maximum absolute atomic E-state index is 14.5. The molecule has 0 heterocycles. The third kappa shape index (κ3) is 3.44. The monoisotopic (exact) mass is 534 g/mol. The predicted molar refractivity (Wildman–Crippen MR) is 149 cm³/mol. The number of hydrogen-bond donors (Lipinski definition) is 2. The molecule has 0 aliphatic heterocycles. The van der Waals surface area contributed by atoms with E-state index >= 15 is 0 Å². The van der Waals surface area contributed by atoms with Crippen molar-refractivity contribution in [1.29, 1.82) is 5.26 Å². The topological polar surface area (TPSA) is 107 Å². The number of carbonyl (C=O) groups is 3. The van der Waals surface area contributed by atoms with Crippen molar-refractivity contribution in [2.24, 2.45) is 50.2 Å². The first kappa shape index (κ1) is 28.3. The maximum Gasteiger partial charge on any atom is 0.226 e. The van der Waals surface area contributed by atoms with E-state index in [1.165, 1.54) is 0 Å². The van der Waals surface area contributed by atoms with E-state index in [2.05, 4.69) is 46.0 Å². The molecule has 6 heteroatoms. The summed E-state index contributed by atoms with van der Waals surface area (Å²) in [5.74, 6) is -0.562. The highest BCUT2D eigenvalue weighted by atomic mass is 16.3. The minimum Gasteiger partial charge on any atom is -0.395 e. The Kier molecular flexibility index (Phi) is 6.25. The van der Waals surface area contributed by atoms with Gasteiger partial charge in [-0.1, -0.05) is 46.3 Å². The van der Waals surface area contributed by atoms with Gasteiger partial charge < -0.3 is 10.4 Å². The van der Waals surface area contributed by atoms with Crippen LogP contribution in [0, 0.1) is 61.6 Å². The van der Waals surface area contributed by atoms with E-state index in [1.807, 2.05) is 19.1 Å². The Morgan fingerprint density at radius 3 is 2.36 bits per heavy atom. The second-order valence-corrected chi connectivity index (χ2v) is 15.1. The number of hydrogen-bond acceptors (Lipinski definition) is 5. The van der Waals surface area contributed by atoms with Crippen LogP contribution in [0.1, 0.15) is 93.4 Å². The molecule has 0 spiro atoms. The summed E-state index contributed by atoms with van der Waals surface area (Å²) in [5.41, 5.74) is -1.80. The van der Waals surface area contributed by atoms with Gasteiger partial charge in [0.1, 0.15) is 6.07 Å². The number of ketones is 2. The third-order valence-electron chi connectivity index (χ3n) is 12.8. The summed E-state index contributed by atoms with van der Waals surface area (Å²) < 4.78 is 0. The molecule has 0 aromatic rings. The molecular formula is C33H46N2O4. The van der Waals surface area contributed by atoms with Crippen molar-refractivity contribution in [2.45, 2.75) is 93.4 Å². The van der Waals surface area contributed by atoms with Crippen LogP contribution in [0.15, 0.2) is 23.3 Å². The standard InChI is InChI=1S/C33H46N2O4/c1-8-35-27(39)33-13-11-28(2,3)17-21(33)25-22(37)15-24-29(4)16-20(18-34)26(38)30(5,19-36)23(29)9-10-31(24,6)32(25,7)12-14-33/h15-16,21,23,25,36H,8-14,17,19H2,1-7H3,(H,35,39)/t21?,23?,25?,29-,30-,31+,32+,33-/m0/s1. The number of rotatable bonds is 3. The minimum atomic E-state index is -1.06. The van der Waals surface area contributed by atoms with E-state index in [4.69, 9.17) is 0 Å². The average molecular weight is 535 g/mol. The van der Waals surface area contributed by atoms with E-state index in [1.54, 1.807) is 6.92 Å². The lowest BCUT2D eigenvalue weighted by Crippen LogP contribution is -2.66. The number of aliphatic hydroxyl groups is 1. The molecule has 0 aromatic heterocycles. The number of amides is 1. The number of nitrogens with zero attached hydrogens (tertiary/aromatic N) is 1. The summed E-state index contributed by atoms with van der Waals surface area (Å²) in [6.07, 6.45) is 9.41. The first-order valence-corrected chi connectivity index (χ1v) is 14.9. The van der Waals surface area contributed by atoms with Gasteiger partial charge in [-0.3, -0.25) is 14.4 Å². The smallest absolute Gasteiger partial charge is 0.226 e. The molecular weight excluding hydrogens is 488 g/mol. The number of nitrogens with one attached hydrogen (secondary N) is 1. The van der Waals surface area contributed by atoms with Crippen LogP contribution >= 0.6 is 0 Å². The van der Waals surface area contributed by atoms with Crippen LogP contribution in [0.25, 0.3) is 0 Å². The predicted octanol–water partition coefficient (Wildman–Crippen LogP) is 5.31. The van der Waals surface area contributed by atoms with Crippen molar-refractivity contribution in [3.8, 4) is 6.07 Å². The average Bonchev–Trinajstić information content (AvgIpc) is 2.87.